The summed E-state index contributed by atoms with van der Waals surface area (Å²) in [5.74, 6) is 0.541. The molecule has 28 heavy (non-hydrogen) atoms. The third-order valence-electron chi connectivity index (χ3n) is 5.15. The third-order valence-corrected chi connectivity index (χ3v) is 5.15. The first-order valence-corrected chi connectivity index (χ1v) is 10.3. The predicted molar refractivity (Wildman–Crippen MR) is 123 cm³/mol. The van der Waals surface area contributed by atoms with Crippen molar-refractivity contribution in [2.75, 3.05) is 4.90 Å². The quantitative estimate of drug-likeness (QED) is 0.271. The molecule has 0 aliphatic rings. The maximum absolute atomic E-state index is 3.80. The summed E-state index contributed by atoms with van der Waals surface area (Å²) in [6, 6.07) is 28.5. The average Bonchev–Trinajstić information content (AvgIpc) is 2.74. The summed E-state index contributed by atoms with van der Waals surface area (Å²) in [5.41, 5.74) is 6.33. The van der Waals surface area contributed by atoms with Crippen molar-refractivity contribution in [3.8, 4) is 0 Å². The molecule has 0 spiro atoms. The van der Waals surface area contributed by atoms with Crippen LogP contribution in [0.2, 0.25) is 0 Å². The number of benzene rings is 3. The molecule has 0 saturated carbocycles. The first-order chi connectivity index (χ1) is 13.7. The minimum absolute atomic E-state index is 0.541. The average molecular weight is 370 g/mol. The number of unbranched alkanes of at least 4 members (excludes halogenated alkanes) is 2. The summed E-state index contributed by atoms with van der Waals surface area (Å²) < 4.78 is 0. The van der Waals surface area contributed by atoms with Crippen molar-refractivity contribution in [3.63, 3.8) is 0 Å². The van der Waals surface area contributed by atoms with E-state index in [0.29, 0.717) is 5.92 Å². The van der Waals surface area contributed by atoms with Crippen molar-refractivity contribution in [2.45, 2.75) is 45.4 Å². The third kappa shape index (κ3) is 5.13. The van der Waals surface area contributed by atoms with Crippen LogP contribution in [0.25, 0.3) is 0 Å². The Morgan fingerprint density at radius 2 is 1.32 bits per heavy atom. The Bertz CT molecular complexity index is 845. The molecule has 0 unspecified atom stereocenters. The van der Waals surface area contributed by atoms with Crippen LogP contribution in [0.3, 0.4) is 0 Å². The molecule has 0 bridgehead atoms. The molecular weight excluding hydrogens is 338 g/mol. The first kappa shape index (κ1) is 19.9. The Hall–Kier alpha value is -2.80. The molecule has 0 aliphatic heterocycles. The monoisotopic (exact) mass is 369 g/mol. The number of hydrogen-bond acceptors (Lipinski definition) is 1. The molecule has 0 radical (unpaired) electrons. The van der Waals surface area contributed by atoms with Crippen LogP contribution in [0, 0.1) is 0 Å². The Kier molecular flexibility index (Phi) is 7.08. The number of anilines is 3. The van der Waals surface area contributed by atoms with Crippen LogP contribution in [0.5, 0.6) is 0 Å². The molecule has 0 fully saturated rings. The van der Waals surface area contributed by atoms with Gasteiger partial charge in [-0.3, -0.25) is 0 Å². The summed E-state index contributed by atoms with van der Waals surface area (Å²) in [7, 11) is 0. The number of rotatable bonds is 9. The van der Waals surface area contributed by atoms with Gasteiger partial charge < -0.3 is 4.90 Å². The fourth-order valence-corrected chi connectivity index (χ4v) is 3.46. The Morgan fingerprint density at radius 1 is 0.750 bits per heavy atom. The summed E-state index contributed by atoms with van der Waals surface area (Å²) in [6.45, 7) is 8.27. The lowest BCUT2D eigenvalue weighted by atomic mass is 10.0. The van der Waals surface area contributed by atoms with Crippen LogP contribution in [0.1, 0.15) is 50.2 Å². The molecule has 0 N–H and O–H groups in total. The van der Waals surface area contributed by atoms with Crippen LogP contribution in [-0.2, 0) is 6.42 Å². The topological polar surface area (TPSA) is 3.24 Å². The second kappa shape index (κ2) is 9.94. The SMILES string of the molecule is C=CCCCCc1ccc(N(c2ccccc2)c2ccc(C(C)C)cc2)cc1. The largest absolute Gasteiger partial charge is 0.311 e. The van der Waals surface area contributed by atoms with Crippen LogP contribution < -0.4 is 4.90 Å². The molecule has 0 amide bonds. The van der Waals surface area contributed by atoms with E-state index in [9.17, 15) is 0 Å². The lowest BCUT2D eigenvalue weighted by molar-refractivity contribution is 0.748. The molecule has 1 heteroatoms. The Morgan fingerprint density at radius 3 is 1.89 bits per heavy atom. The number of allylic oxidation sites excluding steroid dienone is 1. The highest BCUT2D eigenvalue weighted by molar-refractivity contribution is 5.76. The number of nitrogens with zero attached hydrogens (tertiary/aromatic N) is 1. The molecule has 0 saturated heterocycles. The highest BCUT2D eigenvalue weighted by atomic mass is 15.1. The van der Waals surface area contributed by atoms with Crippen LogP contribution in [0.15, 0.2) is 91.5 Å². The minimum atomic E-state index is 0.541. The van der Waals surface area contributed by atoms with E-state index >= 15 is 0 Å². The van der Waals surface area contributed by atoms with Gasteiger partial charge in [0, 0.05) is 17.1 Å². The zero-order valence-corrected chi connectivity index (χ0v) is 17.1. The van der Waals surface area contributed by atoms with E-state index in [4.69, 9.17) is 0 Å². The number of aryl methyl sites for hydroxylation is 1. The molecule has 0 atom stereocenters. The van der Waals surface area contributed by atoms with Crippen molar-refractivity contribution < 1.29 is 0 Å². The second-order valence-corrected chi connectivity index (χ2v) is 7.62. The van der Waals surface area contributed by atoms with Crippen molar-refractivity contribution in [1.82, 2.24) is 0 Å². The fraction of sp³-hybridized carbons (Fsp3) is 0.259. The summed E-state index contributed by atoms with van der Waals surface area (Å²) in [4.78, 5) is 2.32. The Balaban J connectivity index is 1.86. The molecule has 3 aromatic rings. The Labute approximate surface area is 170 Å². The van der Waals surface area contributed by atoms with Gasteiger partial charge in [0.1, 0.15) is 0 Å². The summed E-state index contributed by atoms with van der Waals surface area (Å²) in [6.07, 6.45) is 6.66. The van der Waals surface area contributed by atoms with E-state index in [0.717, 1.165) is 12.8 Å². The van der Waals surface area contributed by atoms with E-state index in [2.05, 4.69) is 104 Å². The molecule has 1 nitrogen and oxygen atoms in total. The second-order valence-electron chi connectivity index (χ2n) is 7.62. The molecule has 3 rings (SSSR count). The summed E-state index contributed by atoms with van der Waals surface area (Å²) >= 11 is 0. The van der Waals surface area contributed by atoms with E-state index < -0.39 is 0 Å². The smallest absolute Gasteiger partial charge is 0.0461 e. The van der Waals surface area contributed by atoms with Gasteiger partial charge in [-0.15, -0.1) is 6.58 Å². The standard InChI is InChI=1S/C27H31N/c1-4-5-6-8-11-23-14-18-26(19-15-23)28(25-12-9-7-10-13-25)27-20-16-24(17-21-27)22(2)3/h4,7,9-10,12-22H,1,5-6,8,11H2,2-3H3. The maximum atomic E-state index is 3.80. The fourth-order valence-electron chi connectivity index (χ4n) is 3.46. The van der Waals surface area contributed by atoms with Gasteiger partial charge in [-0.05, 0) is 79.1 Å². The lowest BCUT2D eigenvalue weighted by Gasteiger charge is -2.26. The van der Waals surface area contributed by atoms with Gasteiger partial charge in [0.25, 0.3) is 0 Å². The van der Waals surface area contributed by atoms with E-state index in [1.54, 1.807) is 0 Å². The van der Waals surface area contributed by atoms with E-state index in [-0.39, 0.29) is 0 Å². The van der Waals surface area contributed by atoms with Gasteiger partial charge >= 0.3 is 0 Å². The number of hydrogen-bond donors (Lipinski definition) is 0. The van der Waals surface area contributed by atoms with Gasteiger partial charge in [-0.1, -0.05) is 62.4 Å². The van der Waals surface area contributed by atoms with Crippen molar-refractivity contribution in [3.05, 3.63) is 103 Å². The zero-order valence-electron chi connectivity index (χ0n) is 17.1. The van der Waals surface area contributed by atoms with Gasteiger partial charge in [0.15, 0.2) is 0 Å². The van der Waals surface area contributed by atoms with Gasteiger partial charge in [0.2, 0.25) is 0 Å². The first-order valence-electron chi connectivity index (χ1n) is 10.3. The van der Waals surface area contributed by atoms with Crippen LogP contribution in [-0.4, -0.2) is 0 Å². The minimum Gasteiger partial charge on any atom is -0.311 e. The van der Waals surface area contributed by atoms with Crippen LogP contribution >= 0.6 is 0 Å². The van der Waals surface area contributed by atoms with Crippen molar-refractivity contribution in [2.24, 2.45) is 0 Å². The van der Waals surface area contributed by atoms with Crippen LogP contribution in [0.4, 0.5) is 17.1 Å². The highest BCUT2D eigenvalue weighted by Crippen LogP contribution is 2.35. The van der Waals surface area contributed by atoms with Gasteiger partial charge in [0.05, 0.1) is 0 Å². The zero-order chi connectivity index (χ0) is 19.8. The van der Waals surface area contributed by atoms with Crippen molar-refractivity contribution in [1.29, 1.82) is 0 Å². The highest BCUT2D eigenvalue weighted by Gasteiger charge is 2.12. The molecule has 0 heterocycles. The van der Waals surface area contributed by atoms with Gasteiger partial charge in [-0.25, -0.2) is 0 Å². The summed E-state index contributed by atoms with van der Waals surface area (Å²) in [5, 5.41) is 0. The molecular formula is C27H31N. The van der Waals surface area contributed by atoms with E-state index in [1.807, 2.05) is 6.08 Å². The molecule has 0 aromatic heterocycles. The maximum Gasteiger partial charge on any atom is 0.0461 e. The van der Waals surface area contributed by atoms with E-state index in [1.165, 1.54) is 41.0 Å². The molecule has 144 valence electrons. The van der Waals surface area contributed by atoms with Crippen molar-refractivity contribution >= 4 is 17.1 Å². The normalized spacial score (nSPS) is 10.8. The lowest BCUT2D eigenvalue weighted by Crippen LogP contribution is -2.10. The molecule has 0 aliphatic carbocycles. The van der Waals surface area contributed by atoms with Gasteiger partial charge in [-0.2, -0.15) is 0 Å². The predicted octanol–water partition coefficient (Wildman–Crippen LogP) is 8.18. The number of para-hydroxylation sites is 1. The molecule has 3 aromatic carbocycles.